The van der Waals surface area contributed by atoms with E-state index in [-0.39, 0.29) is 24.9 Å². The van der Waals surface area contributed by atoms with Gasteiger partial charge in [0.25, 0.3) is 0 Å². The Morgan fingerprint density at radius 2 is 2.07 bits per heavy atom. The molecule has 5 heteroatoms. The quantitative estimate of drug-likeness (QED) is 0.652. The van der Waals surface area contributed by atoms with Gasteiger partial charge in [-0.2, -0.15) is 0 Å². The molecule has 14 heavy (non-hydrogen) atoms. The smallest absolute Gasteiger partial charge is 0.114 e. The molecular formula is C9H18O5. The predicted molar refractivity (Wildman–Crippen MR) is 49.2 cm³/mol. The van der Waals surface area contributed by atoms with E-state index in [9.17, 15) is 5.11 Å². The first kappa shape index (κ1) is 11.9. The fourth-order valence-electron chi connectivity index (χ4n) is 1.69. The highest BCUT2D eigenvalue weighted by Crippen LogP contribution is 2.22. The fraction of sp³-hybridized carbons (Fsp3) is 1.00. The second kappa shape index (κ2) is 5.63. The van der Waals surface area contributed by atoms with Crippen LogP contribution in [0.1, 0.15) is 0 Å². The minimum absolute atomic E-state index is 0.114. The summed E-state index contributed by atoms with van der Waals surface area (Å²) in [4.78, 5) is 0. The Balaban J connectivity index is 2.52. The van der Waals surface area contributed by atoms with Gasteiger partial charge in [0.05, 0.1) is 13.2 Å². The molecule has 0 saturated carbocycles. The Bertz CT molecular complexity index is 163. The predicted octanol–water partition coefficient (Wildman–Crippen LogP) is -0.577. The molecule has 1 heterocycles. The molecule has 1 N–H and O–H groups in total. The van der Waals surface area contributed by atoms with Gasteiger partial charge in [0.15, 0.2) is 0 Å². The van der Waals surface area contributed by atoms with Gasteiger partial charge < -0.3 is 24.1 Å². The summed E-state index contributed by atoms with van der Waals surface area (Å²) in [7, 11) is 4.72. The van der Waals surface area contributed by atoms with Crippen LogP contribution in [0.3, 0.4) is 0 Å². The maximum absolute atomic E-state index is 9.68. The van der Waals surface area contributed by atoms with Crippen LogP contribution in [0.5, 0.6) is 0 Å². The number of hydrogen-bond acceptors (Lipinski definition) is 5. The third-order valence-corrected chi connectivity index (χ3v) is 2.43. The molecule has 5 nitrogen and oxygen atoms in total. The van der Waals surface area contributed by atoms with Crippen molar-refractivity contribution in [3.63, 3.8) is 0 Å². The first-order valence-electron chi connectivity index (χ1n) is 4.58. The van der Waals surface area contributed by atoms with E-state index in [0.29, 0.717) is 6.61 Å². The summed E-state index contributed by atoms with van der Waals surface area (Å²) in [6, 6.07) is 0. The van der Waals surface area contributed by atoms with Gasteiger partial charge in [-0.05, 0) is 0 Å². The van der Waals surface area contributed by atoms with Gasteiger partial charge in [-0.3, -0.25) is 0 Å². The molecular weight excluding hydrogens is 188 g/mol. The normalized spacial score (nSPS) is 34.7. The van der Waals surface area contributed by atoms with E-state index in [0.717, 1.165) is 0 Å². The van der Waals surface area contributed by atoms with E-state index >= 15 is 0 Å². The molecule has 0 aromatic heterocycles. The SMILES string of the molecule is COC[C@@H](O)[C@H]1OC[C@H](OC)[C@H]1OC. The van der Waals surface area contributed by atoms with E-state index < -0.39 is 6.10 Å². The van der Waals surface area contributed by atoms with E-state index in [2.05, 4.69) is 0 Å². The number of rotatable bonds is 5. The van der Waals surface area contributed by atoms with E-state index in [1.165, 1.54) is 7.11 Å². The number of ether oxygens (including phenoxy) is 4. The van der Waals surface area contributed by atoms with Crippen molar-refractivity contribution >= 4 is 0 Å². The largest absolute Gasteiger partial charge is 0.388 e. The summed E-state index contributed by atoms with van der Waals surface area (Å²) in [6.45, 7) is 0.682. The van der Waals surface area contributed by atoms with Crippen molar-refractivity contribution in [1.29, 1.82) is 0 Å². The third kappa shape index (κ3) is 2.43. The highest BCUT2D eigenvalue weighted by Gasteiger charge is 2.41. The van der Waals surface area contributed by atoms with Gasteiger partial charge in [0.1, 0.15) is 24.4 Å². The molecule has 0 amide bonds. The molecule has 84 valence electrons. The molecule has 1 aliphatic rings. The first-order chi connectivity index (χ1) is 6.74. The van der Waals surface area contributed by atoms with Crippen LogP contribution in [0, 0.1) is 0 Å². The van der Waals surface area contributed by atoms with Crippen LogP contribution in [-0.2, 0) is 18.9 Å². The van der Waals surface area contributed by atoms with Gasteiger partial charge >= 0.3 is 0 Å². The van der Waals surface area contributed by atoms with Gasteiger partial charge in [-0.1, -0.05) is 0 Å². The highest BCUT2D eigenvalue weighted by atomic mass is 16.6. The average molecular weight is 206 g/mol. The lowest BCUT2D eigenvalue weighted by Crippen LogP contribution is -2.42. The van der Waals surface area contributed by atoms with Crippen molar-refractivity contribution < 1.29 is 24.1 Å². The lowest BCUT2D eigenvalue weighted by Gasteiger charge is -2.24. The minimum Gasteiger partial charge on any atom is -0.388 e. The van der Waals surface area contributed by atoms with Crippen molar-refractivity contribution in [3.8, 4) is 0 Å². The van der Waals surface area contributed by atoms with Crippen LogP contribution in [0.4, 0.5) is 0 Å². The van der Waals surface area contributed by atoms with Gasteiger partial charge in [-0.25, -0.2) is 0 Å². The molecule has 0 unspecified atom stereocenters. The molecule has 0 spiro atoms. The van der Waals surface area contributed by atoms with Crippen molar-refractivity contribution in [1.82, 2.24) is 0 Å². The van der Waals surface area contributed by atoms with Crippen molar-refractivity contribution in [2.24, 2.45) is 0 Å². The Kier molecular flexibility index (Phi) is 4.77. The molecule has 1 saturated heterocycles. The van der Waals surface area contributed by atoms with Crippen LogP contribution < -0.4 is 0 Å². The van der Waals surface area contributed by atoms with Crippen LogP contribution in [0.15, 0.2) is 0 Å². The lowest BCUT2D eigenvalue weighted by molar-refractivity contribution is -0.0883. The van der Waals surface area contributed by atoms with Crippen molar-refractivity contribution in [2.75, 3.05) is 34.5 Å². The number of methoxy groups -OCH3 is 3. The first-order valence-corrected chi connectivity index (χ1v) is 4.58. The molecule has 0 bridgehead atoms. The van der Waals surface area contributed by atoms with E-state index in [4.69, 9.17) is 18.9 Å². The van der Waals surface area contributed by atoms with Gasteiger partial charge in [0.2, 0.25) is 0 Å². The molecule has 0 aromatic rings. The Hall–Kier alpha value is -0.200. The summed E-state index contributed by atoms with van der Waals surface area (Å²) in [5.74, 6) is 0. The van der Waals surface area contributed by atoms with Crippen LogP contribution in [-0.4, -0.2) is 64.1 Å². The monoisotopic (exact) mass is 206 g/mol. The Morgan fingerprint density at radius 1 is 1.36 bits per heavy atom. The zero-order chi connectivity index (χ0) is 10.6. The van der Waals surface area contributed by atoms with E-state index in [1.807, 2.05) is 0 Å². The molecule has 1 fully saturated rings. The molecule has 1 aliphatic heterocycles. The number of hydrogen-bond donors (Lipinski definition) is 1. The molecule has 1 rings (SSSR count). The third-order valence-electron chi connectivity index (χ3n) is 2.43. The molecule has 0 radical (unpaired) electrons. The second-order valence-corrected chi connectivity index (χ2v) is 3.30. The van der Waals surface area contributed by atoms with Gasteiger partial charge in [-0.15, -0.1) is 0 Å². The van der Waals surface area contributed by atoms with Crippen LogP contribution >= 0.6 is 0 Å². The lowest BCUT2D eigenvalue weighted by atomic mass is 10.1. The molecule has 4 atom stereocenters. The molecule has 0 aliphatic carbocycles. The van der Waals surface area contributed by atoms with E-state index in [1.54, 1.807) is 14.2 Å². The maximum atomic E-state index is 9.68. The minimum atomic E-state index is -0.676. The van der Waals surface area contributed by atoms with Crippen LogP contribution in [0.2, 0.25) is 0 Å². The summed E-state index contributed by atoms with van der Waals surface area (Å²) in [6.07, 6.45) is -1.39. The Labute approximate surface area is 83.9 Å². The average Bonchev–Trinajstić information content (AvgIpc) is 2.60. The summed E-state index contributed by atoms with van der Waals surface area (Å²) in [5.41, 5.74) is 0. The summed E-state index contributed by atoms with van der Waals surface area (Å²) in [5, 5.41) is 9.68. The van der Waals surface area contributed by atoms with Gasteiger partial charge in [0, 0.05) is 21.3 Å². The zero-order valence-electron chi connectivity index (χ0n) is 8.80. The number of aliphatic hydroxyl groups is 1. The van der Waals surface area contributed by atoms with Crippen LogP contribution in [0.25, 0.3) is 0 Å². The topological polar surface area (TPSA) is 57.2 Å². The highest BCUT2D eigenvalue weighted by molar-refractivity contribution is 4.89. The second-order valence-electron chi connectivity index (χ2n) is 3.30. The molecule has 0 aromatic carbocycles. The Morgan fingerprint density at radius 3 is 2.57 bits per heavy atom. The summed E-state index contributed by atoms with van der Waals surface area (Å²) >= 11 is 0. The number of aliphatic hydroxyl groups excluding tert-OH is 1. The standard InChI is InChI=1S/C9H18O5/c1-11-4-6(10)8-9(13-3)7(12-2)5-14-8/h6-10H,4-5H2,1-3H3/t6-,7+,8-,9-/m1/s1. The summed E-state index contributed by atoms with van der Waals surface area (Å²) < 4.78 is 20.6. The van der Waals surface area contributed by atoms with Crippen molar-refractivity contribution in [3.05, 3.63) is 0 Å². The zero-order valence-corrected chi connectivity index (χ0v) is 8.80. The fourth-order valence-corrected chi connectivity index (χ4v) is 1.69. The van der Waals surface area contributed by atoms with Crippen molar-refractivity contribution in [2.45, 2.75) is 24.4 Å². The maximum Gasteiger partial charge on any atom is 0.114 e.